The number of amides is 1. The molecule has 4 heterocycles. The van der Waals surface area contributed by atoms with Gasteiger partial charge in [-0.3, -0.25) is 4.79 Å². The summed E-state index contributed by atoms with van der Waals surface area (Å²) in [4.78, 5) is 30.7. The van der Waals surface area contributed by atoms with Gasteiger partial charge in [0.15, 0.2) is 0 Å². The maximum atomic E-state index is 12.7. The van der Waals surface area contributed by atoms with Gasteiger partial charge in [-0.25, -0.2) is 15.0 Å². The average molecular weight is 357 g/mol. The predicted octanol–water partition coefficient (Wildman–Crippen LogP) is 2.62. The molecule has 2 aliphatic heterocycles. The van der Waals surface area contributed by atoms with Gasteiger partial charge in [-0.2, -0.15) is 0 Å². The molecule has 132 valence electrons. The van der Waals surface area contributed by atoms with Crippen LogP contribution in [0.2, 0.25) is 0 Å². The summed E-state index contributed by atoms with van der Waals surface area (Å²) in [5, 5.41) is 0. The Hall–Kier alpha value is -2.02. The average Bonchev–Trinajstić information content (AvgIpc) is 3.31. The molecule has 1 amide bonds. The summed E-state index contributed by atoms with van der Waals surface area (Å²) < 4.78 is 0. The van der Waals surface area contributed by atoms with Crippen LogP contribution in [0.4, 0.5) is 5.95 Å². The largest absolute Gasteiger partial charge is 0.341 e. The lowest BCUT2D eigenvalue weighted by Gasteiger charge is -2.34. The number of aromatic nitrogens is 3. The zero-order chi connectivity index (χ0) is 17.2. The van der Waals surface area contributed by atoms with Gasteiger partial charge in [0.2, 0.25) is 5.95 Å². The van der Waals surface area contributed by atoms with Crippen LogP contribution in [-0.2, 0) is 0 Å². The van der Waals surface area contributed by atoms with Crippen molar-refractivity contribution >= 4 is 23.2 Å². The van der Waals surface area contributed by atoms with E-state index in [-0.39, 0.29) is 5.91 Å². The van der Waals surface area contributed by atoms with Crippen LogP contribution in [0.1, 0.15) is 34.6 Å². The van der Waals surface area contributed by atoms with Crippen LogP contribution < -0.4 is 4.90 Å². The second-order valence-electron chi connectivity index (χ2n) is 6.94. The molecule has 2 fully saturated rings. The molecule has 6 nitrogen and oxygen atoms in total. The molecule has 4 rings (SSSR count). The lowest BCUT2D eigenvalue weighted by molar-refractivity contribution is 0.0784. The minimum absolute atomic E-state index is 0.164. The minimum atomic E-state index is 0.164. The number of hydrogen-bond donors (Lipinski definition) is 0. The first-order chi connectivity index (χ1) is 12.2. The van der Waals surface area contributed by atoms with Crippen LogP contribution in [0.25, 0.3) is 0 Å². The van der Waals surface area contributed by atoms with E-state index in [0.717, 1.165) is 62.0 Å². The van der Waals surface area contributed by atoms with Crippen LogP contribution >= 0.6 is 11.3 Å². The molecule has 0 spiro atoms. The molecule has 2 saturated heterocycles. The van der Waals surface area contributed by atoms with Crippen LogP contribution in [0.15, 0.2) is 24.0 Å². The van der Waals surface area contributed by atoms with Crippen molar-refractivity contribution in [1.82, 2.24) is 19.9 Å². The van der Waals surface area contributed by atoms with Crippen LogP contribution in [0, 0.1) is 18.8 Å². The third-order valence-corrected chi connectivity index (χ3v) is 6.41. The summed E-state index contributed by atoms with van der Waals surface area (Å²) in [7, 11) is 0. The number of hydrogen-bond acceptors (Lipinski definition) is 6. The summed E-state index contributed by atoms with van der Waals surface area (Å²) in [5.41, 5.74) is 2.62. The van der Waals surface area contributed by atoms with Crippen LogP contribution in [0.5, 0.6) is 0 Å². The summed E-state index contributed by atoms with van der Waals surface area (Å²) >= 11 is 1.46. The van der Waals surface area contributed by atoms with E-state index in [0.29, 0.717) is 11.8 Å². The Bertz CT molecular complexity index is 726. The molecule has 0 N–H and O–H groups in total. The van der Waals surface area contributed by atoms with Crippen LogP contribution in [-0.4, -0.2) is 51.9 Å². The highest BCUT2D eigenvalue weighted by Gasteiger charge is 2.35. The van der Waals surface area contributed by atoms with E-state index in [9.17, 15) is 4.79 Å². The van der Waals surface area contributed by atoms with E-state index in [1.807, 2.05) is 17.9 Å². The van der Waals surface area contributed by atoms with Gasteiger partial charge in [0, 0.05) is 38.6 Å². The first-order valence-corrected chi connectivity index (χ1v) is 9.81. The third-order valence-electron chi connectivity index (χ3n) is 5.49. The smallest absolute Gasteiger partial charge is 0.265 e. The summed E-state index contributed by atoms with van der Waals surface area (Å²) in [6.07, 6.45) is 7.04. The fraction of sp³-hybridized carbons (Fsp3) is 0.556. The molecule has 7 heteroatoms. The molecule has 1 unspecified atom stereocenters. The molecule has 0 aromatic carbocycles. The summed E-state index contributed by atoms with van der Waals surface area (Å²) in [6, 6.07) is 1.85. The summed E-state index contributed by atoms with van der Waals surface area (Å²) in [5.74, 6) is 2.32. The van der Waals surface area contributed by atoms with Gasteiger partial charge in [0.25, 0.3) is 5.91 Å². The Balaban J connectivity index is 1.33. The second-order valence-corrected chi connectivity index (χ2v) is 7.79. The molecule has 2 aliphatic rings. The molecule has 2 aromatic rings. The standard InChI is InChI=1S/C18H23N5OS/c1-13-16(25-12-21-13)17(24)23-10-5-15(11-23)14-3-8-22(9-4-14)18-19-6-2-7-20-18/h2,6-7,12,14-15H,3-5,8-11H2,1H3. The molecule has 0 bridgehead atoms. The molecule has 1 atom stereocenters. The van der Waals surface area contributed by atoms with E-state index >= 15 is 0 Å². The Morgan fingerprint density at radius 3 is 2.48 bits per heavy atom. The molecule has 0 saturated carbocycles. The SMILES string of the molecule is Cc1ncsc1C(=O)N1CCC(C2CCN(c3ncccn3)CC2)C1. The number of carbonyl (C=O) groups is 1. The molecular formula is C18H23N5OS. The van der Waals surface area contributed by atoms with E-state index in [4.69, 9.17) is 0 Å². The van der Waals surface area contributed by atoms with E-state index in [1.54, 1.807) is 17.9 Å². The van der Waals surface area contributed by atoms with Crippen molar-refractivity contribution in [3.8, 4) is 0 Å². The van der Waals surface area contributed by atoms with Crippen molar-refractivity contribution in [2.45, 2.75) is 26.2 Å². The molecule has 0 aliphatic carbocycles. The lowest BCUT2D eigenvalue weighted by Crippen LogP contribution is -2.38. The molecule has 2 aromatic heterocycles. The number of piperidine rings is 1. The van der Waals surface area contributed by atoms with E-state index in [2.05, 4.69) is 19.9 Å². The molecule has 25 heavy (non-hydrogen) atoms. The van der Waals surface area contributed by atoms with Crippen molar-refractivity contribution in [3.05, 3.63) is 34.5 Å². The number of nitrogens with zero attached hydrogens (tertiary/aromatic N) is 5. The number of likely N-dealkylation sites (tertiary alicyclic amines) is 1. The van der Waals surface area contributed by atoms with Gasteiger partial charge in [-0.05, 0) is 44.1 Å². The van der Waals surface area contributed by atoms with Gasteiger partial charge >= 0.3 is 0 Å². The minimum Gasteiger partial charge on any atom is -0.341 e. The highest BCUT2D eigenvalue weighted by Crippen LogP contribution is 2.33. The fourth-order valence-electron chi connectivity index (χ4n) is 4.03. The number of anilines is 1. The number of aryl methyl sites for hydroxylation is 1. The Labute approximate surface area is 151 Å². The number of thiazole rings is 1. The Morgan fingerprint density at radius 2 is 1.80 bits per heavy atom. The Morgan fingerprint density at radius 1 is 1.08 bits per heavy atom. The van der Waals surface area contributed by atoms with E-state index in [1.165, 1.54) is 11.3 Å². The summed E-state index contributed by atoms with van der Waals surface area (Å²) in [6.45, 7) is 5.70. The number of rotatable bonds is 3. The zero-order valence-electron chi connectivity index (χ0n) is 14.5. The molecule has 0 radical (unpaired) electrons. The van der Waals surface area contributed by atoms with Gasteiger partial charge < -0.3 is 9.80 Å². The maximum absolute atomic E-state index is 12.7. The Kier molecular flexibility index (Phi) is 4.65. The van der Waals surface area contributed by atoms with Gasteiger partial charge in [0.05, 0.1) is 11.2 Å². The highest BCUT2D eigenvalue weighted by molar-refractivity contribution is 7.11. The van der Waals surface area contributed by atoms with Crippen molar-refractivity contribution in [1.29, 1.82) is 0 Å². The van der Waals surface area contributed by atoms with Gasteiger partial charge in [-0.15, -0.1) is 11.3 Å². The predicted molar refractivity (Wildman–Crippen MR) is 97.8 cm³/mol. The lowest BCUT2D eigenvalue weighted by atomic mass is 9.84. The van der Waals surface area contributed by atoms with Crippen LogP contribution in [0.3, 0.4) is 0 Å². The van der Waals surface area contributed by atoms with Crippen molar-refractivity contribution in [2.75, 3.05) is 31.1 Å². The topological polar surface area (TPSA) is 62.2 Å². The molecular weight excluding hydrogens is 334 g/mol. The first-order valence-electron chi connectivity index (χ1n) is 8.93. The quantitative estimate of drug-likeness (QED) is 0.845. The number of carbonyl (C=O) groups excluding carboxylic acids is 1. The highest BCUT2D eigenvalue weighted by atomic mass is 32.1. The fourth-order valence-corrected chi connectivity index (χ4v) is 4.80. The first kappa shape index (κ1) is 16.4. The second kappa shape index (κ2) is 7.07. The van der Waals surface area contributed by atoms with Gasteiger partial charge in [-0.1, -0.05) is 0 Å². The van der Waals surface area contributed by atoms with Gasteiger partial charge in [0.1, 0.15) is 4.88 Å². The third kappa shape index (κ3) is 3.38. The maximum Gasteiger partial charge on any atom is 0.265 e. The zero-order valence-corrected chi connectivity index (χ0v) is 15.3. The monoisotopic (exact) mass is 357 g/mol. The van der Waals surface area contributed by atoms with Crippen molar-refractivity contribution < 1.29 is 4.79 Å². The van der Waals surface area contributed by atoms with Crippen molar-refractivity contribution in [2.24, 2.45) is 11.8 Å². The van der Waals surface area contributed by atoms with E-state index < -0.39 is 0 Å². The van der Waals surface area contributed by atoms with Crippen molar-refractivity contribution in [3.63, 3.8) is 0 Å². The normalized spacial score (nSPS) is 21.7.